The van der Waals surface area contributed by atoms with Crippen LogP contribution in [-0.2, 0) is 22.4 Å². The molecule has 1 aliphatic rings. The maximum atomic E-state index is 12.9. The Morgan fingerprint density at radius 3 is 2.70 bits per heavy atom. The lowest BCUT2D eigenvalue weighted by molar-refractivity contribution is -0.282. The minimum absolute atomic E-state index is 0.0381. The predicted molar refractivity (Wildman–Crippen MR) is 117 cm³/mol. The fraction of sp³-hybridized carbons (Fsp3) is 0.409. The van der Waals surface area contributed by atoms with E-state index in [2.05, 4.69) is 15.4 Å². The molecular weight excluding hydrogens is 430 g/mol. The molecule has 1 fully saturated rings. The number of amides is 1. The number of fused-ring (bicyclic) bond motifs is 1. The molecule has 11 heteroatoms. The van der Waals surface area contributed by atoms with Crippen LogP contribution < -0.4 is 11.1 Å². The normalized spacial score (nSPS) is 25.3. The fourth-order valence-electron chi connectivity index (χ4n) is 4.02. The maximum absolute atomic E-state index is 12.9. The summed E-state index contributed by atoms with van der Waals surface area (Å²) in [6, 6.07) is 11.1. The molecule has 3 aromatic rings. The molecular formula is C22H27N5O6. The number of nitrogens with zero attached hydrogens (tertiary/aromatic N) is 3. The number of carbonyl (C=O) groups excluding carboxylic acids is 1. The Labute approximate surface area is 189 Å². The molecule has 0 aliphatic carbocycles. The first kappa shape index (κ1) is 23.1. The van der Waals surface area contributed by atoms with Gasteiger partial charge in [0.1, 0.15) is 17.8 Å². The molecule has 5 atom stereocenters. The van der Waals surface area contributed by atoms with E-state index in [0.29, 0.717) is 12.2 Å². The molecule has 3 heterocycles. The molecule has 176 valence electrons. The van der Waals surface area contributed by atoms with E-state index in [1.807, 2.05) is 30.3 Å². The quantitative estimate of drug-likeness (QED) is 0.314. The van der Waals surface area contributed by atoms with E-state index in [0.717, 1.165) is 5.56 Å². The number of aromatic nitrogens is 3. The van der Waals surface area contributed by atoms with Crippen LogP contribution in [0.3, 0.4) is 0 Å². The summed E-state index contributed by atoms with van der Waals surface area (Å²) < 4.78 is 11.9. The monoisotopic (exact) mass is 457 g/mol. The van der Waals surface area contributed by atoms with Gasteiger partial charge in [0.25, 0.3) is 5.91 Å². The van der Waals surface area contributed by atoms with Crippen molar-refractivity contribution < 1.29 is 29.6 Å². The lowest BCUT2D eigenvalue weighted by Gasteiger charge is -2.41. The van der Waals surface area contributed by atoms with Crippen molar-refractivity contribution in [3.8, 4) is 0 Å². The first-order valence-corrected chi connectivity index (χ1v) is 10.5. The third-order valence-corrected chi connectivity index (χ3v) is 5.80. The molecule has 1 amide bonds. The van der Waals surface area contributed by atoms with Crippen LogP contribution in [0.5, 0.6) is 0 Å². The number of aliphatic hydroxyl groups excluding tert-OH is 3. The van der Waals surface area contributed by atoms with Gasteiger partial charge in [0.15, 0.2) is 17.8 Å². The summed E-state index contributed by atoms with van der Waals surface area (Å²) in [5.41, 5.74) is 7.83. The number of rotatable bonds is 7. The second-order valence-electron chi connectivity index (χ2n) is 7.93. The molecule has 0 unspecified atom stereocenters. The molecule has 1 aliphatic heterocycles. The van der Waals surface area contributed by atoms with Crippen molar-refractivity contribution in [2.75, 3.05) is 19.5 Å². The van der Waals surface area contributed by atoms with Crippen molar-refractivity contribution in [2.45, 2.75) is 37.6 Å². The van der Waals surface area contributed by atoms with Crippen LogP contribution in [0.2, 0.25) is 0 Å². The summed E-state index contributed by atoms with van der Waals surface area (Å²) in [4.78, 5) is 17.4. The van der Waals surface area contributed by atoms with Gasteiger partial charge in [-0.3, -0.25) is 4.79 Å². The van der Waals surface area contributed by atoms with E-state index in [4.69, 9.17) is 15.2 Å². The van der Waals surface area contributed by atoms with E-state index in [9.17, 15) is 20.1 Å². The van der Waals surface area contributed by atoms with Gasteiger partial charge in [0.05, 0.1) is 12.7 Å². The molecule has 0 saturated carbocycles. The Morgan fingerprint density at radius 2 is 2.00 bits per heavy atom. The van der Waals surface area contributed by atoms with Crippen molar-refractivity contribution in [1.29, 1.82) is 0 Å². The number of nitrogens with one attached hydrogen (secondary N) is 1. The SMILES string of the molecule is CO[C@H]1O[C@H](CO)[C@@H](O)[C@@H](Cc2ccn3nc(N)c(C(=O)NCc4ccccc4)c3n2)[C@@H]1O. The first-order chi connectivity index (χ1) is 15.9. The fourth-order valence-corrected chi connectivity index (χ4v) is 4.02. The maximum Gasteiger partial charge on any atom is 0.259 e. The summed E-state index contributed by atoms with van der Waals surface area (Å²) in [6.07, 6.45) is -2.43. The van der Waals surface area contributed by atoms with Gasteiger partial charge in [0, 0.05) is 31.5 Å². The highest BCUT2D eigenvalue weighted by atomic mass is 16.7. The Morgan fingerprint density at radius 1 is 1.24 bits per heavy atom. The summed E-state index contributed by atoms with van der Waals surface area (Å²) in [5, 5.41) is 37.7. The predicted octanol–water partition coefficient (Wildman–Crippen LogP) is -0.514. The molecule has 1 saturated heterocycles. The highest BCUT2D eigenvalue weighted by Crippen LogP contribution is 2.29. The number of hydrogen-bond donors (Lipinski definition) is 5. The van der Waals surface area contributed by atoms with Crippen LogP contribution in [0.15, 0.2) is 42.6 Å². The number of ether oxygens (including phenoxy) is 2. The molecule has 0 bridgehead atoms. The summed E-state index contributed by atoms with van der Waals surface area (Å²) in [7, 11) is 1.37. The van der Waals surface area contributed by atoms with Crippen LogP contribution in [0.1, 0.15) is 21.6 Å². The van der Waals surface area contributed by atoms with Gasteiger partial charge in [0.2, 0.25) is 0 Å². The zero-order chi connectivity index (χ0) is 23.5. The van der Waals surface area contributed by atoms with Crippen molar-refractivity contribution >= 4 is 17.4 Å². The van der Waals surface area contributed by atoms with Crippen LogP contribution >= 0.6 is 0 Å². The Bertz CT molecular complexity index is 1090. The molecule has 0 spiro atoms. The third-order valence-electron chi connectivity index (χ3n) is 5.80. The van der Waals surface area contributed by atoms with Crippen LogP contribution in [-0.4, -0.2) is 74.1 Å². The number of benzene rings is 1. The smallest absolute Gasteiger partial charge is 0.259 e. The molecule has 6 N–H and O–H groups in total. The number of carbonyl (C=O) groups is 1. The minimum Gasteiger partial charge on any atom is -0.394 e. The molecule has 33 heavy (non-hydrogen) atoms. The molecule has 0 radical (unpaired) electrons. The van der Waals surface area contributed by atoms with E-state index in [1.54, 1.807) is 12.3 Å². The van der Waals surface area contributed by atoms with Gasteiger partial charge in [-0.15, -0.1) is 5.10 Å². The summed E-state index contributed by atoms with van der Waals surface area (Å²) in [5.74, 6) is -1.09. The lowest BCUT2D eigenvalue weighted by Crippen LogP contribution is -2.56. The number of anilines is 1. The van der Waals surface area contributed by atoms with E-state index >= 15 is 0 Å². The Kier molecular flexibility index (Phi) is 6.86. The average molecular weight is 457 g/mol. The Hall–Kier alpha value is -3.09. The molecule has 2 aromatic heterocycles. The topological polar surface area (TPSA) is 164 Å². The number of nitrogens with two attached hydrogens (primary N) is 1. The lowest BCUT2D eigenvalue weighted by atomic mass is 9.85. The number of nitrogen functional groups attached to an aromatic ring is 1. The number of hydrogen-bond acceptors (Lipinski definition) is 9. The molecule has 11 nitrogen and oxygen atoms in total. The van der Waals surface area contributed by atoms with E-state index < -0.39 is 43.0 Å². The van der Waals surface area contributed by atoms with Gasteiger partial charge in [-0.25, -0.2) is 9.50 Å². The van der Waals surface area contributed by atoms with Crippen LogP contribution in [0.25, 0.3) is 5.65 Å². The second kappa shape index (κ2) is 9.81. The minimum atomic E-state index is -1.14. The van der Waals surface area contributed by atoms with Crippen molar-refractivity contribution in [2.24, 2.45) is 5.92 Å². The highest BCUT2D eigenvalue weighted by molar-refractivity contribution is 6.04. The number of methoxy groups -OCH3 is 1. The summed E-state index contributed by atoms with van der Waals surface area (Å²) in [6.45, 7) is -0.112. The van der Waals surface area contributed by atoms with Crippen molar-refractivity contribution in [1.82, 2.24) is 19.9 Å². The molecule has 4 rings (SSSR count). The van der Waals surface area contributed by atoms with Crippen molar-refractivity contribution in [3.63, 3.8) is 0 Å². The first-order valence-electron chi connectivity index (χ1n) is 10.5. The van der Waals surface area contributed by atoms with Gasteiger partial charge >= 0.3 is 0 Å². The van der Waals surface area contributed by atoms with Crippen molar-refractivity contribution in [3.05, 3.63) is 59.4 Å². The Balaban J connectivity index is 1.58. The van der Waals surface area contributed by atoms with Gasteiger partial charge in [-0.05, 0) is 18.1 Å². The zero-order valence-electron chi connectivity index (χ0n) is 18.0. The van der Waals surface area contributed by atoms with Gasteiger partial charge < -0.3 is 35.8 Å². The van der Waals surface area contributed by atoms with E-state index in [1.165, 1.54) is 11.6 Å². The molecule has 1 aromatic carbocycles. The van der Waals surface area contributed by atoms with E-state index in [-0.39, 0.29) is 23.4 Å². The van der Waals surface area contributed by atoms with Crippen LogP contribution in [0, 0.1) is 5.92 Å². The summed E-state index contributed by atoms with van der Waals surface area (Å²) >= 11 is 0. The third kappa shape index (κ3) is 4.68. The van der Waals surface area contributed by atoms with Gasteiger partial charge in [-0.2, -0.15) is 0 Å². The van der Waals surface area contributed by atoms with Crippen LogP contribution in [0.4, 0.5) is 5.82 Å². The average Bonchev–Trinajstić information content (AvgIpc) is 3.16. The number of aliphatic hydroxyl groups is 3. The second-order valence-corrected chi connectivity index (χ2v) is 7.93. The standard InChI is InChI=1S/C22H27N5O6/c1-32-22-18(30)14(17(29)15(11-28)33-22)9-13-7-8-27-20(25-13)16(19(23)26-27)21(31)24-10-12-5-3-2-4-6-12/h2-8,14-15,17-18,22,28-30H,9-11H2,1H3,(H2,23,26)(H,24,31)/t14-,15-,17+,18+,22+/m1/s1. The van der Waals surface area contributed by atoms with Gasteiger partial charge in [-0.1, -0.05) is 30.3 Å². The zero-order valence-corrected chi connectivity index (χ0v) is 18.0. The highest BCUT2D eigenvalue weighted by Gasteiger charge is 2.44. The largest absolute Gasteiger partial charge is 0.394 e.